The average Bonchev–Trinajstić information content (AvgIpc) is 2.78. The Labute approximate surface area is 135 Å². The first kappa shape index (κ1) is 15.5. The zero-order chi connectivity index (χ0) is 15.4. The first-order chi connectivity index (χ1) is 10.1. The molecule has 0 atom stereocenters. The highest BCUT2D eigenvalue weighted by atomic mass is 79.9. The van der Waals surface area contributed by atoms with Crippen molar-refractivity contribution >= 4 is 38.9 Å². The van der Waals surface area contributed by atoms with Crippen molar-refractivity contribution in [1.29, 1.82) is 5.26 Å². The quantitative estimate of drug-likeness (QED) is 0.838. The molecule has 1 aromatic heterocycles. The maximum atomic E-state index is 11.8. The minimum absolute atomic E-state index is 0.216. The molecule has 0 amide bonds. The summed E-state index contributed by atoms with van der Waals surface area (Å²) in [5.74, 6) is -0.474. The number of hydrogen-bond donors (Lipinski definition) is 1. The van der Waals surface area contributed by atoms with Crippen LogP contribution in [0.15, 0.2) is 28.7 Å². The maximum Gasteiger partial charge on any atom is 0.350 e. The second-order valence-electron chi connectivity index (χ2n) is 4.28. The van der Waals surface area contributed by atoms with Crippen LogP contribution in [0, 0.1) is 11.3 Å². The molecule has 0 spiro atoms. The summed E-state index contributed by atoms with van der Waals surface area (Å²) in [5.41, 5.74) is 7.53. The number of rotatable bonds is 4. The summed E-state index contributed by atoms with van der Waals surface area (Å²) >= 11 is 4.60. The van der Waals surface area contributed by atoms with E-state index >= 15 is 0 Å². The van der Waals surface area contributed by atoms with Gasteiger partial charge >= 0.3 is 5.97 Å². The zero-order valence-electron chi connectivity index (χ0n) is 11.4. The molecule has 2 rings (SSSR count). The van der Waals surface area contributed by atoms with E-state index in [2.05, 4.69) is 22.0 Å². The van der Waals surface area contributed by atoms with Gasteiger partial charge < -0.3 is 10.5 Å². The van der Waals surface area contributed by atoms with E-state index in [1.807, 2.05) is 24.3 Å². The van der Waals surface area contributed by atoms with Crippen LogP contribution in [0.5, 0.6) is 0 Å². The fourth-order valence-electron chi connectivity index (χ4n) is 1.88. The lowest BCUT2D eigenvalue weighted by Crippen LogP contribution is -2.05. The Morgan fingerprint density at radius 1 is 1.43 bits per heavy atom. The lowest BCUT2D eigenvalue weighted by Gasteiger charge is -2.00. The van der Waals surface area contributed by atoms with Crippen LogP contribution >= 0.6 is 27.3 Å². The monoisotopic (exact) mass is 364 g/mol. The smallest absolute Gasteiger partial charge is 0.350 e. The molecule has 0 unspecified atom stereocenters. The molecular formula is C15H13BrN2O2S. The molecule has 0 aliphatic carbocycles. The summed E-state index contributed by atoms with van der Waals surface area (Å²) in [6.07, 6.45) is 0.560. The van der Waals surface area contributed by atoms with Gasteiger partial charge in [0.2, 0.25) is 0 Å². The largest absolute Gasteiger partial charge is 0.462 e. The van der Waals surface area contributed by atoms with E-state index < -0.39 is 5.97 Å². The molecular weight excluding hydrogens is 352 g/mol. The van der Waals surface area contributed by atoms with Gasteiger partial charge in [-0.05, 0) is 24.6 Å². The molecule has 0 aliphatic rings. The lowest BCUT2D eigenvalue weighted by atomic mass is 10.1. The predicted molar refractivity (Wildman–Crippen MR) is 86.4 cm³/mol. The minimum atomic E-state index is -0.474. The highest BCUT2D eigenvalue weighted by Gasteiger charge is 2.21. The van der Waals surface area contributed by atoms with Crippen molar-refractivity contribution in [2.45, 2.75) is 13.3 Å². The molecule has 0 saturated carbocycles. The third-order valence-corrected chi connectivity index (χ3v) is 4.58. The molecule has 0 aliphatic heterocycles. The van der Waals surface area contributed by atoms with Crippen LogP contribution < -0.4 is 5.73 Å². The second kappa shape index (κ2) is 6.74. The van der Waals surface area contributed by atoms with Gasteiger partial charge in [-0.1, -0.05) is 28.1 Å². The van der Waals surface area contributed by atoms with Gasteiger partial charge in [0, 0.05) is 15.8 Å². The Morgan fingerprint density at radius 3 is 2.67 bits per heavy atom. The number of benzene rings is 1. The third-order valence-electron chi connectivity index (χ3n) is 2.87. The lowest BCUT2D eigenvalue weighted by molar-refractivity contribution is 0.0533. The predicted octanol–water partition coefficient (Wildman–Crippen LogP) is 3.73. The van der Waals surface area contributed by atoms with Crippen molar-refractivity contribution in [1.82, 2.24) is 0 Å². The van der Waals surface area contributed by atoms with Crippen molar-refractivity contribution in [2.24, 2.45) is 0 Å². The van der Waals surface area contributed by atoms with Crippen LogP contribution in [0.1, 0.15) is 32.6 Å². The van der Waals surface area contributed by atoms with E-state index in [-0.39, 0.29) is 12.3 Å². The van der Waals surface area contributed by atoms with E-state index in [0.29, 0.717) is 16.9 Å². The minimum Gasteiger partial charge on any atom is -0.462 e. The molecule has 108 valence electrons. The molecule has 21 heavy (non-hydrogen) atoms. The highest BCUT2D eigenvalue weighted by Crippen LogP contribution is 2.33. The summed E-state index contributed by atoms with van der Waals surface area (Å²) in [5, 5.41) is 9.26. The number of nitrogen functional groups attached to an aromatic ring is 1. The molecule has 1 aromatic carbocycles. The second-order valence-corrected chi connectivity index (χ2v) is 6.30. The Balaban J connectivity index is 2.35. The maximum absolute atomic E-state index is 11.8. The standard InChI is InChI=1S/C15H13BrN2O2S/c1-2-20-15(19)14-13(18)11(8-17)12(21-14)7-9-3-5-10(16)6-4-9/h3-6H,2,7,18H2,1H3. The molecule has 4 nitrogen and oxygen atoms in total. The number of ether oxygens (including phenoxy) is 1. The summed E-state index contributed by atoms with van der Waals surface area (Å²) in [7, 11) is 0. The van der Waals surface area contributed by atoms with Gasteiger partial charge in [0.05, 0.1) is 17.9 Å². The van der Waals surface area contributed by atoms with Gasteiger partial charge in [-0.3, -0.25) is 0 Å². The fourth-order valence-corrected chi connectivity index (χ4v) is 3.24. The van der Waals surface area contributed by atoms with Crippen LogP contribution in [0.3, 0.4) is 0 Å². The molecule has 2 aromatic rings. The molecule has 0 saturated heterocycles. The van der Waals surface area contributed by atoms with Crippen LogP contribution in [0.4, 0.5) is 5.69 Å². The van der Waals surface area contributed by atoms with E-state index in [1.165, 1.54) is 11.3 Å². The zero-order valence-corrected chi connectivity index (χ0v) is 13.8. The van der Waals surface area contributed by atoms with Gasteiger partial charge in [-0.2, -0.15) is 5.26 Å². The SMILES string of the molecule is CCOC(=O)c1sc(Cc2ccc(Br)cc2)c(C#N)c1N. The summed E-state index contributed by atoms with van der Waals surface area (Å²) < 4.78 is 5.95. The van der Waals surface area contributed by atoms with Gasteiger partial charge in [0.25, 0.3) is 0 Å². The van der Waals surface area contributed by atoms with Gasteiger partial charge in [-0.25, -0.2) is 4.79 Å². The van der Waals surface area contributed by atoms with Crippen LogP contribution in [0.25, 0.3) is 0 Å². The van der Waals surface area contributed by atoms with Crippen molar-refractivity contribution in [3.05, 3.63) is 49.6 Å². The van der Waals surface area contributed by atoms with E-state index in [9.17, 15) is 10.1 Å². The normalized spacial score (nSPS) is 10.1. The number of nitriles is 1. The Hall–Kier alpha value is -1.84. The fraction of sp³-hybridized carbons (Fsp3) is 0.200. The van der Waals surface area contributed by atoms with Crippen molar-refractivity contribution in [3.8, 4) is 6.07 Å². The molecule has 0 radical (unpaired) electrons. The first-order valence-corrected chi connectivity index (χ1v) is 7.90. The average molecular weight is 365 g/mol. The summed E-state index contributed by atoms with van der Waals surface area (Å²) in [6, 6.07) is 9.88. The number of anilines is 1. The number of halogens is 1. The number of hydrogen-bond acceptors (Lipinski definition) is 5. The van der Waals surface area contributed by atoms with Crippen LogP contribution in [-0.4, -0.2) is 12.6 Å². The van der Waals surface area contributed by atoms with Crippen LogP contribution in [-0.2, 0) is 11.2 Å². The third kappa shape index (κ3) is 3.43. The highest BCUT2D eigenvalue weighted by molar-refractivity contribution is 9.10. The topological polar surface area (TPSA) is 76.1 Å². The number of thiophene rings is 1. The van der Waals surface area contributed by atoms with Gasteiger partial charge in [0.15, 0.2) is 0 Å². The number of carbonyl (C=O) groups excluding carboxylic acids is 1. The van der Waals surface area contributed by atoms with Gasteiger partial charge in [0.1, 0.15) is 10.9 Å². The van der Waals surface area contributed by atoms with Crippen molar-refractivity contribution in [2.75, 3.05) is 12.3 Å². The van der Waals surface area contributed by atoms with Crippen molar-refractivity contribution in [3.63, 3.8) is 0 Å². The molecule has 2 N–H and O–H groups in total. The summed E-state index contributed by atoms with van der Waals surface area (Å²) in [6.45, 7) is 2.01. The molecule has 0 fully saturated rings. The van der Waals surface area contributed by atoms with Gasteiger partial charge in [-0.15, -0.1) is 11.3 Å². The number of nitrogens with zero attached hydrogens (tertiary/aromatic N) is 1. The Morgan fingerprint density at radius 2 is 2.10 bits per heavy atom. The first-order valence-electron chi connectivity index (χ1n) is 6.29. The Kier molecular flexibility index (Phi) is 4.99. The summed E-state index contributed by atoms with van der Waals surface area (Å²) in [4.78, 5) is 12.9. The Bertz CT molecular complexity index is 702. The molecule has 0 bridgehead atoms. The van der Waals surface area contributed by atoms with Crippen molar-refractivity contribution < 1.29 is 9.53 Å². The van der Waals surface area contributed by atoms with E-state index in [1.54, 1.807) is 6.92 Å². The number of nitrogens with two attached hydrogens (primary N) is 1. The van der Waals surface area contributed by atoms with E-state index in [0.717, 1.165) is 14.9 Å². The molecule has 6 heteroatoms. The van der Waals surface area contributed by atoms with Crippen LogP contribution in [0.2, 0.25) is 0 Å². The number of esters is 1. The number of carbonyl (C=O) groups is 1. The van der Waals surface area contributed by atoms with E-state index in [4.69, 9.17) is 10.5 Å². The molecule has 1 heterocycles.